The number of amides is 1. The SMILES string of the molecule is Cc1cc(C(=O)N2CCCCCC2)nc(N2CCc3ccccc32)n1. The van der Waals surface area contributed by atoms with Gasteiger partial charge in [-0.2, -0.15) is 0 Å². The molecule has 4 rings (SSSR count). The van der Waals surface area contributed by atoms with Gasteiger partial charge in [0.05, 0.1) is 0 Å². The zero-order valence-electron chi connectivity index (χ0n) is 14.7. The standard InChI is InChI=1S/C20H24N4O/c1-15-14-17(19(25)23-11-6-2-3-7-12-23)22-20(21-15)24-13-10-16-8-4-5-9-18(16)24/h4-5,8-9,14H,2-3,6-7,10-13H2,1H3. The average molecular weight is 336 g/mol. The molecule has 2 aliphatic heterocycles. The van der Waals surface area contributed by atoms with Crippen molar-refractivity contribution in [3.63, 3.8) is 0 Å². The second-order valence-electron chi connectivity index (χ2n) is 6.93. The number of benzene rings is 1. The Morgan fingerprint density at radius 3 is 2.56 bits per heavy atom. The number of anilines is 2. The third kappa shape index (κ3) is 3.23. The van der Waals surface area contributed by atoms with Crippen molar-refractivity contribution >= 4 is 17.5 Å². The lowest BCUT2D eigenvalue weighted by molar-refractivity contribution is 0.0755. The second-order valence-corrected chi connectivity index (χ2v) is 6.93. The lowest BCUT2D eigenvalue weighted by atomic mass is 10.2. The number of carbonyl (C=O) groups is 1. The summed E-state index contributed by atoms with van der Waals surface area (Å²) in [6.45, 7) is 4.47. The Hall–Kier alpha value is -2.43. The highest BCUT2D eigenvalue weighted by molar-refractivity contribution is 5.92. The highest BCUT2D eigenvalue weighted by atomic mass is 16.2. The number of hydrogen-bond donors (Lipinski definition) is 0. The van der Waals surface area contributed by atoms with Crippen molar-refractivity contribution < 1.29 is 4.79 Å². The molecule has 0 atom stereocenters. The van der Waals surface area contributed by atoms with Crippen LogP contribution in [-0.4, -0.2) is 40.4 Å². The van der Waals surface area contributed by atoms with Crippen molar-refractivity contribution in [1.29, 1.82) is 0 Å². The van der Waals surface area contributed by atoms with Crippen LogP contribution in [-0.2, 0) is 6.42 Å². The van der Waals surface area contributed by atoms with Gasteiger partial charge in [0.1, 0.15) is 5.69 Å². The number of para-hydroxylation sites is 1. The first-order valence-corrected chi connectivity index (χ1v) is 9.23. The van der Waals surface area contributed by atoms with Gasteiger partial charge in [-0.1, -0.05) is 31.0 Å². The number of aryl methyl sites for hydroxylation is 1. The molecule has 1 fully saturated rings. The molecule has 0 bridgehead atoms. The summed E-state index contributed by atoms with van der Waals surface area (Å²) in [4.78, 5) is 26.3. The van der Waals surface area contributed by atoms with E-state index in [9.17, 15) is 4.79 Å². The van der Waals surface area contributed by atoms with E-state index in [-0.39, 0.29) is 5.91 Å². The van der Waals surface area contributed by atoms with E-state index in [1.807, 2.05) is 24.0 Å². The van der Waals surface area contributed by atoms with Crippen LogP contribution in [0.3, 0.4) is 0 Å². The van der Waals surface area contributed by atoms with Gasteiger partial charge in [-0.3, -0.25) is 4.79 Å². The second kappa shape index (κ2) is 6.82. The summed E-state index contributed by atoms with van der Waals surface area (Å²) in [6, 6.07) is 10.2. The maximum atomic E-state index is 12.9. The monoisotopic (exact) mass is 336 g/mol. The molecular weight excluding hydrogens is 312 g/mol. The summed E-state index contributed by atoms with van der Waals surface area (Å²) >= 11 is 0. The molecule has 0 saturated carbocycles. The normalized spacial score (nSPS) is 17.3. The molecule has 5 nitrogen and oxygen atoms in total. The predicted molar refractivity (Wildman–Crippen MR) is 98.3 cm³/mol. The minimum absolute atomic E-state index is 0.0427. The Bertz CT molecular complexity index is 781. The number of carbonyl (C=O) groups excluding carboxylic acids is 1. The van der Waals surface area contributed by atoms with Crippen molar-refractivity contribution in [1.82, 2.24) is 14.9 Å². The molecular formula is C20H24N4O. The minimum atomic E-state index is 0.0427. The van der Waals surface area contributed by atoms with E-state index in [0.717, 1.165) is 50.3 Å². The predicted octanol–water partition coefficient (Wildman–Crippen LogP) is 3.50. The van der Waals surface area contributed by atoms with Crippen LogP contribution in [0.15, 0.2) is 30.3 Å². The van der Waals surface area contributed by atoms with Gasteiger partial charge in [-0.15, -0.1) is 0 Å². The fourth-order valence-electron chi connectivity index (χ4n) is 3.76. The molecule has 3 heterocycles. The lowest BCUT2D eigenvalue weighted by Crippen LogP contribution is -2.33. The molecule has 0 N–H and O–H groups in total. The van der Waals surface area contributed by atoms with Gasteiger partial charge in [-0.05, 0) is 43.9 Å². The van der Waals surface area contributed by atoms with E-state index in [4.69, 9.17) is 0 Å². The lowest BCUT2D eigenvalue weighted by Gasteiger charge is -2.22. The summed E-state index contributed by atoms with van der Waals surface area (Å²) < 4.78 is 0. The van der Waals surface area contributed by atoms with Gasteiger partial charge in [0, 0.05) is 31.0 Å². The Morgan fingerprint density at radius 2 is 1.76 bits per heavy atom. The summed E-state index contributed by atoms with van der Waals surface area (Å²) in [5, 5.41) is 0. The van der Waals surface area contributed by atoms with Gasteiger partial charge < -0.3 is 9.80 Å². The molecule has 1 aromatic carbocycles. The molecule has 1 aromatic heterocycles. The van der Waals surface area contributed by atoms with Gasteiger partial charge in [0.15, 0.2) is 0 Å². The zero-order valence-corrected chi connectivity index (χ0v) is 14.7. The molecule has 0 aliphatic carbocycles. The van der Waals surface area contributed by atoms with E-state index >= 15 is 0 Å². The molecule has 2 aromatic rings. The molecule has 2 aliphatic rings. The minimum Gasteiger partial charge on any atom is -0.337 e. The first-order valence-electron chi connectivity index (χ1n) is 9.23. The molecule has 1 amide bonds. The first kappa shape index (κ1) is 16.1. The van der Waals surface area contributed by atoms with E-state index < -0.39 is 0 Å². The number of likely N-dealkylation sites (tertiary alicyclic amines) is 1. The van der Waals surface area contributed by atoms with Crippen LogP contribution < -0.4 is 4.90 Å². The fraction of sp³-hybridized carbons (Fsp3) is 0.450. The quantitative estimate of drug-likeness (QED) is 0.842. The summed E-state index contributed by atoms with van der Waals surface area (Å²) in [5.74, 6) is 0.684. The van der Waals surface area contributed by atoms with Crippen LogP contribution in [0.4, 0.5) is 11.6 Å². The third-order valence-electron chi connectivity index (χ3n) is 5.08. The molecule has 1 saturated heterocycles. The summed E-state index contributed by atoms with van der Waals surface area (Å²) in [5.41, 5.74) is 3.83. The van der Waals surface area contributed by atoms with Crippen LogP contribution in [0.5, 0.6) is 0 Å². The highest BCUT2D eigenvalue weighted by Crippen LogP contribution is 2.32. The van der Waals surface area contributed by atoms with Crippen molar-refractivity contribution in [2.45, 2.75) is 39.0 Å². The van der Waals surface area contributed by atoms with Gasteiger partial charge in [0.2, 0.25) is 5.95 Å². The molecule has 130 valence electrons. The first-order chi connectivity index (χ1) is 12.2. The van der Waals surface area contributed by atoms with Crippen molar-refractivity contribution in [2.24, 2.45) is 0 Å². The number of fused-ring (bicyclic) bond motifs is 1. The smallest absolute Gasteiger partial charge is 0.272 e. The Kier molecular flexibility index (Phi) is 4.38. The Morgan fingerprint density at radius 1 is 1.00 bits per heavy atom. The largest absolute Gasteiger partial charge is 0.337 e. The van der Waals surface area contributed by atoms with Crippen LogP contribution in [0.2, 0.25) is 0 Å². The average Bonchev–Trinajstić information content (AvgIpc) is 2.87. The molecule has 5 heteroatoms. The molecule has 25 heavy (non-hydrogen) atoms. The van der Waals surface area contributed by atoms with E-state index in [0.29, 0.717) is 11.6 Å². The van der Waals surface area contributed by atoms with E-state index in [1.54, 1.807) is 0 Å². The Balaban J connectivity index is 1.64. The molecule has 0 spiro atoms. The number of nitrogens with zero attached hydrogens (tertiary/aromatic N) is 4. The molecule has 0 radical (unpaired) electrons. The zero-order chi connectivity index (χ0) is 17.2. The highest BCUT2D eigenvalue weighted by Gasteiger charge is 2.25. The van der Waals surface area contributed by atoms with Crippen LogP contribution in [0.1, 0.15) is 47.4 Å². The third-order valence-corrected chi connectivity index (χ3v) is 5.08. The fourth-order valence-corrected chi connectivity index (χ4v) is 3.76. The Labute approximate surface area is 148 Å². The van der Waals surface area contributed by atoms with Gasteiger partial charge in [0.25, 0.3) is 5.91 Å². The maximum Gasteiger partial charge on any atom is 0.272 e. The topological polar surface area (TPSA) is 49.3 Å². The maximum absolute atomic E-state index is 12.9. The van der Waals surface area contributed by atoms with Crippen LogP contribution in [0.25, 0.3) is 0 Å². The van der Waals surface area contributed by atoms with Gasteiger partial charge >= 0.3 is 0 Å². The van der Waals surface area contributed by atoms with Crippen LogP contribution in [0, 0.1) is 6.92 Å². The summed E-state index contributed by atoms with van der Waals surface area (Å²) in [7, 11) is 0. The molecule has 0 unspecified atom stereocenters. The number of rotatable bonds is 2. The number of aromatic nitrogens is 2. The van der Waals surface area contributed by atoms with Crippen molar-refractivity contribution in [3.8, 4) is 0 Å². The van der Waals surface area contributed by atoms with Gasteiger partial charge in [-0.25, -0.2) is 9.97 Å². The van der Waals surface area contributed by atoms with Crippen molar-refractivity contribution in [2.75, 3.05) is 24.5 Å². The van der Waals surface area contributed by atoms with Crippen molar-refractivity contribution in [3.05, 3.63) is 47.3 Å². The van der Waals surface area contributed by atoms with Crippen LogP contribution >= 0.6 is 0 Å². The van der Waals surface area contributed by atoms with E-state index in [1.165, 1.54) is 18.4 Å². The summed E-state index contributed by atoms with van der Waals surface area (Å²) in [6.07, 6.45) is 5.58. The van der Waals surface area contributed by atoms with E-state index in [2.05, 4.69) is 33.1 Å². The number of hydrogen-bond acceptors (Lipinski definition) is 4.